The largest absolute Gasteiger partial charge is 0.358 e. The van der Waals surface area contributed by atoms with E-state index in [1.54, 1.807) is 10.8 Å². The zero-order valence-electron chi connectivity index (χ0n) is 18.2. The molecule has 4 rings (SSSR count). The molecular formula is C22H30N6O3. The van der Waals surface area contributed by atoms with Crippen molar-refractivity contribution in [3.8, 4) is 0 Å². The predicted octanol–water partition coefficient (Wildman–Crippen LogP) is 0.527. The maximum Gasteiger partial charge on any atom is 0.332 e. The molecule has 0 radical (unpaired) electrons. The van der Waals surface area contributed by atoms with E-state index in [1.807, 2.05) is 30.0 Å². The summed E-state index contributed by atoms with van der Waals surface area (Å²) in [6.07, 6.45) is 3.25. The fourth-order valence-corrected chi connectivity index (χ4v) is 4.53. The van der Waals surface area contributed by atoms with Gasteiger partial charge >= 0.3 is 5.69 Å². The van der Waals surface area contributed by atoms with E-state index in [1.165, 1.54) is 13.1 Å². The molecule has 1 amide bonds. The molecule has 2 aliphatic heterocycles. The van der Waals surface area contributed by atoms with Crippen LogP contribution in [0.4, 0.5) is 11.6 Å². The smallest absolute Gasteiger partial charge is 0.332 e. The molecule has 2 fully saturated rings. The Hall–Kier alpha value is -3.10. The Morgan fingerprint density at radius 2 is 1.74 bits per heavy atom. The lowest BCUT2D eigenvalue weighted by atomic mass is 9.95. The van der Waals surface area contributed by atoms with Crippen LogP contribution in [0.15, 0.2) is 40.1 Å². The number of piperazine rings is 1. The van der Waals surface area contributed by atoms with Crippen LogP contribution in [0.3, 0.4) is 0 Å². The van der Waals surface area contributed by atoms with Gasteiger partial charge in [0.05, 0.1) is 0 Å². The van der Waals surface area contributed by atoms with Gasteiger partial charge in [0.2, 0.25) is 5.91 Å². The van der Waals surface area contributed by atoms with Gasteiger partial charge in [-0.05, 0) is 31.9 Å². The van der Waals surface area contributed by atoms with E-state index in [0.717, 1.165) is 36.3 Å². The second kappa shape index (κ2) is 8.95. The lowest BCUT2D eigenvalue weighted by Gasteiger charge is -2.39. The van der Waals surface area contributed by atoms with E-state index in [2.05, 4.69) is 14.8 Å². The van der Waals surface area contributed by atoms with Gasteiger partial charge in [0.15, 0.2) is 0 Å². The molecule has 0 aromatic carbocycles. The van der Waals surface area contributed by atoms with Crippen molar-refractivity contribution >= 4 is 17.5 Å². The Morgan fingerprint density at radius 1 is 1.03 bits per heavy atom. The molecule has 0 atom stereocenters. The number of amides is 1. The van der Waals surface area contributed by atoms with Crippen molar-refractivity contribution in [1.29, 1.82) is 0 Å². The van der Waals surface area contributed by atoms with Crippen LogP contribution in [-0.2, 0) is 18.4 Å². The Labute approximate surface area is 181 Å². The van der Waals surface area contributed by atoms with Gasteiger partial charge in [-0.25, -0.2) is 9.78 Å². The first kappa shape index (κ1) is 21.1. The number of aromatic nitrogens is 3. The Morgan fingerprint density at radius 3 is 2.35 bits per heavy atom. The molecule has 0 spiro atoms. The highest BCUT2D eigenvalue weighted by Crippen LogP contribution is 2.24. The Balaban J connectivity index is 1.36. The van der Waals surface area contributed by atoms with Crippen molar-refractivity contribution in [3.05, 3.63) is 51.3 Å². The van der Waals surface area contributed by atoms with Crippen molar-refractivity contribution in [2.75, 3.05) is 49.1 Å². The summed E-state index contributed by atoms with van der Waals surface area (Å²) in [4.78, 5) is 48.3. The van der Waals surface area contributed by atoms with E-state index >= 15 is 0 Å². The predicted molar refractivity (Wildman–Crippen MR) is 120 cm³/mol. The third-order valence-corrected chi connectivity index (χ3v) is 6.43. The normalized spacial score (nSPS) is 17.8. The van der Waals surface area contributed by atoms with Gasteiger partial charge in [-0.1, -0.05) is 6.07 Å². The summed E-state index contributed by atoms with van der Waals surface area (Å²) in [5.74, 6) is 1.83. The minimum absolute atomic E-state index is 0.00834. The van der Waals surface area contributed by atoms with Crippen molar-refractivity contribution in [1.82, 2.24) is 19.0 Å². The number of carbonyl (C=O) groups excluding carboxylic acids is 1. The summed E-state index contributed by atoms with van der Waals surface area (Å²) >= 11 is 0. The summed E-state index contributed by atoms with van der Waals surface area (Å²) in [6, 6.07) is 7.42. The first-order valence-electron chi connectivity index (χ1n) is 11.0. The van der Waals surface area contributed by atoms with Crippen molar-refractivity contribution in [2.45, 2.75) is 26.3 Å². The Kier molecular flexibility index (Phi) is 6.11. The van der Waals surface area contributed by atoms with Crippen LogP contribution in [0, 0.1) is 5.92 Å². The molecule has 9 nitrogen and oxygen atoms in total. The molecule has 166 valence electrons. The molecule has 2 aromatic heterocycles. The lowest BCUT2D eigenvalue weighted by Crippen LogP contribution is -2.52. The van der Waals surface area contributed by atoms with E-state index in [4.69, 9.17) is 0 Å². The fraction of sp³-hybridized carbons (Fsp3) is 0.545. The van der Waals surface area contributed by atoms with Crippen LogP contribution in [-0.4, -0.2) is 64.2 Å². The molecule has 0 saturated carbocycles. The van der Waals surface area contributed by atoms with Crippen LogP contribution < -0.4 is 21.0 Å². The van der Waals surface area contributed by atoms with Crippen molar-refractivity contribution in [3.63, 3.8) is 0 Å². The number of nitrogens with zero attached hydrogens (tertiary/aromatic N) is 6. The zero-order chi connectivity index (χ0) is 22.0. The molecule has 0 bridgehead atoms. The molecule has 0 unspecified atom stereocenters. The van der Waals surface area contributed by atoms with Gasteiger partial charge < -0.3 is 14.7 Å². The molecular weight excluding hydrogens is 396 g/mol. The summed E-state index contributed by atoms with van der Waals surface area (Å²) < 4.78 is 2.76. The van der Waals surface area contributed by atoms with Crippen LogP contribution in [0.2, 0.25) is 0 Å². The number of pyridine rings is 1. The topological polar surface area (TPSA) is 83.7 Å². The summed E-state index contributed by atoms with van der Waals surface area (Å²) in [5.41, 5.74) is -0.595. The standard InChI is InChI=1S/C22H30N6O3/c1-3-28-19(16-20(29)24(2)22(28)31)26-10-7-17(8-11-26)21(30)27-14-12-25(13-15-27)18-6-4-5-9-23-18/h4-6,9,16-17H,3,7-8,10-15H2,1-2H3. The molecule has 2 saturated heterocycles. The average Bonchev–Trinajstić information content (AvgIpc) is 2.83. The van der Waals surface area contributed by atoms with Gasteiger partial charge in [-0.2, -0.15) is 0 Å². The third-order valence-electron chi connectivity index (χ3n) is 6.43. The number of piperidine rings is 1. The van der Waals surface area contributed by atoms with Gasteiger partial charge in [0.25, 0.3) is 5.56 Å². The van der Waals surface area contributed by atoms with Crippen LogP contribution in [0.25, 0.3) is 0 Å². The summed E-state index contributed by atoms with van der Waals surface area (Å²) in [7, 11) is 1.50. The first-order chi connectivity index (χ1) is 15.0. The van der Waals surface area contributed by atoms with Crippen LogP contribution >= 0.6 is 0 Å². The van der Waals surface area contributed by atoms with E-state index in [-0.39, 0.29) is 23.1 Å². The number of carbonyl (C=O) groups is 1. The van der Waals surface area contributed by atoms with Crippen LogP contribution in [0.5, 0.6) is 0 Å². The third kappa shape index (κ3) is 4.22. The monoisotopic (exact) mass is 426 g/mol. The summed E-state index contributed by atoms with van der Waals surface area (Å²) in [6.45, 7) is 6.72. The molecule has 4 heterocycles. The maximum atomic E-state index is 13.1. The highest BCUT2D eigenvalue weighted by molar-refractivity contribution is 5.79. The molecule has 9 heteroatoms. The lowest BCUT2D eigenvalue weighted by molar-refractivity contribution is -0.136. The SMILES string of the molecule is CCn1c(N2CCC(C(=O)N3CCN(c4ccccn4)CC3)CC2)cc(=O)n(C)c1=O. The minimum Gasteiger partial charge on any atom is -0.358 e. The van der Waals surface area contributed by atoms with E-state index in [0.29, 0.717) is 38.5 Å². The number of hydrogen-bond donors (Lipinski definition) is 0. The fourth-order valence-electron chi connectivity index (χ4n) is 4.53. The quantitative estimate of drug-likeness (QED) is 0.709. The van der Waals surface area contributed by atoms with Gasteiger partial charge in [0, 0.05) is 71.0 Å². The van der Waals surface area contributed by atoms with Gasteiger partial charge in [-0.15, -0.1) is 0 Å². The van der Waals surface area contributed by atoms with E-state index < -0.39 is 0 Å². The minimum atomic E-state index is -0.298. The second-order valence-electron chi connectivity index (χ2n) is 8.19. The zero-order valence-corrected chi connectivity index (χ0v) is 18.2. The molecule has 0 aliphatic carbocycles. The highest BCUT2D eigenvalue weighted by atomic mass is 16.2. The Bertz CT molecular complexity index is 1030. The van der Waals surface area contributed by atoms with E-state index in [9.17, 15) is 14.4 Å². The second-order valence-corrected chi connectivity index (χ2v) is 8.19. The number of anilines is 2. The van der Waals surface area contributed by atoms with Crippen LogP contribution in [0.1, 0.15) is 19.8 Å². The summed E-state index contributed by atoms with van der Waals surface area (Å²) in [5, 5.41) is 0. The van der Waals surface area contributed by atoms with Crippen molar-refractivity contribution in [2.24, 2.45) is 13.0 Å². The van der Waals surface area contributed by atoms with Crippen molar-refractivity contribution < 1.29 is 4.79 Å². The van der Waals surface area contributed by atoms with Gasteiger partial charge in [-0.3, -0.25) is 18.7 Å². The number of hydrogen-bond acceptors (Lipinski definition) is 6. The molecule has 2 aromatic rings. The average molecular weight is 427 g/mol. The number of rotatable bonds is 4. The van der Waals surface area contributed by atoms with Gasteiger partial charge in [0.1, 0.15) is 11.6 Å². The molecule has 0 N–H and O–H groups in total. The molecule has 31 heavy (non-hydrogen) atoms. The first-order valence-corrected chi connectivity index (χ1v) is 11.0. The maximum absolute atomic E-state index is 13.1. The molecule has 2 aliphatic rings. The highest BCUT2D eigenvalue weighted by Gasteiger charge is 2.31.